The monoisotopic (exact) mass is 396 g/mol. The molecule has 2 aromatic carbocycles. The molecule has 0 aliphatic heterocycles. The van der Waals surface area contributed by atoms with Gasteiger partial charge in [0, 0.05) is 13.1 Å². The van der Waals surface area contributed by atoms with E-state index in [0.717, 1.165) is 11.1 Å². The fraction of sp³-hybridized carbons (Fsp3) is 0.150. The van der Waals surface area contributed by atoms with E-state index >= 15 is 0 Å². The maximum atomic E-state index is 12.0. The molecule has 150 valence electrons. The summed E-state index contributed by atoms with van der Waals surface area (Å²) >= 11 is 0. The van der Waals surface area contributed by atoms with Crippen LogP contribution in [-0.2, 0) is 18.4 Å². The summed E-state index contributed by atoms with van der Waals surface area (Å²) in [4.78, 5) is 27.6. The van der Waals surface area contributed by atoms with Crippen LogP contribution in [0.5, 0.6) is 11.5 Å². The molecule has 3 N–H and O–H groups in total. The molecule has 9 heteroatoms. The molecular weight excluding hydrogens is 376 g/mol. The zero-order valence-electron chi connectivity index (χ0n) is 15.9. The molecule has 2 amide bonds. The Morgan fingerprint density at radius 1 is 1.17 bits per heavy atom. The number of carbonyl (C=O) groups excluding carboxylic acids is 2. The number of hydrogen-bond acceptors (Lipinski definition) is 6. The first-order valence-electron chi connectivity index (χ1n) is 8.67. The van der Waals surface area contributed by atoms with Crippen molar-refractivity contribution in [2.24, 2.45) is 7.05 Å². The van der Waals surface area contributed by atoms with Crippen LogP contribution in [0, 0.1) is 0 Å². The van der Waals surface area contributed by atoms with Crippen molar-refractivity contribution in [3.8, 4) is 11.5 Å². The number of nitrogens with one attached hydrogen (secondary N) is 2. The molecule has 0 bridgehead atoms. The number of rotatable bonds is 6. The Kier molecular flexibility index (Phi) is 6.10. The average Bonchev–Trinajstić information content (AvgIpc) is 3.06. The van der Waals surface area contributed by atoms with Crippen LogP contribution in [0.4, 0.5) is 4.79 Å². The standard InChI is InChI=1S/C20H20N4O5/c1-24-17-9-3-13(4-10-19(25)23-27)11-16(17)22-18(24)12-21-20(26)29-15-7-5-14(28-2)6-8-15/h3-11,27H,12H2,1-2H3,(H,21,26)(H,23,25). The summed E-state index contributed by atoms with van der Waals surface area (Å²) in [5.41, 5.74) is 3.86. The van der Waals surface area contributed by atoms with Gasteiger partial charge in [-0.05, 0) is 48.0 Å². The normalized spacial score (nSPS) is 10.9. The van der Waals surface area contributed by atoms with E-state index in [4.69, 9.17) is 14.7 Å². The van der Waals surface area contributed by atoms with Crippen LogP contribution in [-0.4, -0.2) is 33.9 Å². The molecular formula is C20H20N4O5. The maximum Gasteiger partial charge on any atom is 0.412 e. The summed E-state index contributed by atoms with van der Waals surface area (Å²) in [5, 5.41) is 11.2. The first-order valence-corrected chi connectivity index (χ1v) is 8.67. The highest BCUT2D eigenvalue weighted by molar-refractivity contribution is 5.91. The molecule has 0 radical (unpaired) electrons. The van der Waals surface area contributed by atoms with Crippen molar-refractivity contribution in [1.29, 1.82) is 0 Å². The second-order valence-electron chi connectivity index (χ2n) is 6.06. The molecule has 9 nitrogen and oxygen atoms in total. The van der Waals surface area contributed by atoms with Gasteiger partial charge in [-0.25, -0.2) is 15.3 Å². The number of methoxy groups -OCH3 is 1. The number of benzene rings is 2. The van der Waals surface area contributed by atoms with E-state index in [0.29, 0.717) is 22.8 Å². The van der Waals surface area contributed by atoms with Crippen LogP contribution >= 0.6 is 0 Å². The van der Waals surface area contributed by atoms with Crippen molar-refractivity contribution >= 4 is 29.1 Å². The van der Waals surface area contributed by atoms with Gasteiger partial charge in [-0.15, -0.1) is 0 Å². The van der Waals surface area contributed by atoms with Crippen molar-refractivity contribution in [3.05, 3.63) is 59.9 Å². The predicted octanol–water partition coefficient (Wildman–Crippen LogP) is 2.39. The van der Waals surface area contributed by atoms with Crippen LogP contribution in [0.15, 0.2) is 48.5 Å². The highest BCUT2D eigenvalue weighted by Gasteiger charge is 2.11. The summed E-state index contributed by atoms with van der Waals surface area (Å²) < 4.78 is 12.1. The molecule has 1 heterocycles. The van der Waals surface area contributed by atoms with E-state index in [1.54, 1.807) is 43.5 Å². The second-order valence-corrected chi connectivity index (χ2v) is 6.06. The molecule has 0 saturated heterocycles. The lowest BCUT2D eigenvalue weighted by Gasteiger charge is -2.07. The molecule has 3 rings (SSSR count). The smallest absolute Gasteiger partial charge is 0.412 e. The lowest BCUT2D eigenvalue weighted by Crippen LogP contribution is -2.27. The first-order chi connectivity index (χ1) is 14.0. The fourth-order valence-corrected chi connectivity index (χ4v) is 2.68. The maximum absolute atomic E-state index is 12.0. The summed E-state index contributed by atoms with van der Waals surface area (Å²) in [5.74, 6) is 1.09. The van der Waals surface area contributed by atoms with Gasteiger partial charge in [0.25, 0.3) is 5.91 Å². The number of hydroxylamine groups is 1. The van der Waals surface area contributed by atoms with Crippen LogP contribution in [0.2, 0.25) is 0 Å². The Balaban J connectivity index is 1.66. The van der Waals surface area contributed by atoms with Gasteiger partial charge in [-0.2, -0.15) is 0 Å². The zero-order chi connectivity index (χ0) is 20.8. The molecule has 0 unspecified atom stereocenters. The number of aromatic nitrogens is 2. The highest BCUT2D eigenvalue weighted by atomic mass is 16.6. The van der Waals surface area contributed by atoms with Crippen LogP contribution in [0.1, 0.15) is 11.4 Å². The van der Waals surface area contributed by atoms with E-state index in [1.807, 2.05) is 23.7 Å². The zero-order valence-corrected chi connectivity index (χ0v) is 15.9. The second kappa shape index (κ2) is 8.89. The largest absolute Gasteiger partial charge is 0.497 e. The molecule has 0 aliphatic carbocycles. The summed E-state index contributed by atoms with van der Waals surface area (Å²) in [7, 11) is 3.40. The van der Waals surface area contributed by atoms with Crippen molar-refractivity contribution in [2.75, 3.05) is 7.11 Å². The van der Waals surface area contributed by atoms with Gasteiger partial charge in [-0.1, -0.05) is 6.07 Å². The number of nitrogens with zero attached hydrogens (tertiary/aromatic N) is 2. The number of carbonyl (C=O) groups is 2. The molecule has 29 heavy (non-hydrogen) atoms. The Morgan fingerprint density at radius 3 is 2.59 bits per heavy atom. The van der Waals surface area contributed by atoms with Gasteiger partial charge < -0.3 is 19.4 Å². The minimum atomic E-state index is -0.619. The molecule has 0 atom stereocenters. The molecule has 0 aliphatic rings. The van der Waals surface area contributed by atoms with E-state index in [9.17, 15) is 9.59 Å². The summed E-state index contributed by atoms with van der Waals surface area (Å²) in [6, 6.07) is 12.2. The van der Waals surface area contributed by atoms with Gasteiger partial charge in [0.2, 0.25) is 0 Å². The third-order valence-corrected chi connectivity index (χ3v) is 4.20. The van der Waals surface area contributed by atoms with Crippen molar-refractivity contribution < 1.29 is 24.3 Å². The number of fused-ring (bicyclic) bond motifs is 1. The predicted molar refractivity (Wildman–Crippen MR) is 106 cm³/mol. The number of imidazole rings is 1. The first kappa shape index (κ1) is 19.9. The number of hydrogen-bond donors (Lipinski definition) is 3. The topological polar surface area (TPSA) is 115 Å². The van der Waals surface area contributed by atoms with E-state index in [2.05, 4.69) is 10.3 Å². The lowest BCUT2D eigenvalue weighted by atomic mass is 10.2. The van der Waals surface area contributed by atoms with E-state index in [1.165, 1.54) is 11.6 Å². The molecule has 1 aromatic heterocycles. The molecule has 0 spiro atoms. The fourth-order valence-electron chi connectivity index (χ4n) is 2.68. The Bertz CT molecular complexity index is 1060. The van der Waals surface area contributed by atoms with Gasteiger partial charge >= 0.3 is 6.09 Å². The average molecular weight is 396 g/mol. The van der Waals surface area contributed by atoms with Crippen LogP contribution < -0.4 is 20.3 Å². The summed E-state index contributed by atoms with van der Waals surface area (Å²) in [6.07, 6.45) is 2.17. The van der Waals surface area contributed by atoms with Crippen molar-refractivity contribution in [2.45, 2.75) is 6.54 Å². The van der Waals surface area contributed by atoms with Gasteiger partial charge in [0.05, 0.1) is 24.7 Å². The minimum absolute atomic E-state index is 0.179. The quantitative estimate of drug-likeness (QED) is 0.335. The molecule has 0 saturated carbocycles. The van der Waals surface area contributed by atoms with E-state index < -0.39 is 12.0 Å². The van der Waals surface area contributed by atoms with Crippen LogP contribution in [0.25, 0.3) is 17.1 Å². The van der Waals surface area contributed by atoms with Crippen LogP contribution in [0.3, 0.4) is 0 Å². The SMILES string of the molecule is COc1ccc(OC(=O)NCc2nc3cc(C=CC(=O)NO)ccc3n2C)cc1. The van der Waals surface area contributed by atoms with Crippen molar-refractivity contribution in [1.82, 2.24) is 20.3 Å². The number of amides is 2. The third-order valence-electron chi connectivity index (χ3n) is 4.20. The lowest BCUT2D eigenvalue weighted by molar-refractivity contribution is -0.124. The minimum Gasteiger partial charge on any atom is -0.497 e. The Labute approximate surface area is 166 Å². The third kappa shape index (κ3) is 4.90. The van der Waals surface area contributed by atoms with Crippen molar-refractivity contribution in [3.63, 3.8) is 0 Å². The number of aryl methyl sites for hydroxylation is 1. The van der Waals surface area contributed by atoms with E-state index in [-0.39, 0.29) is 6.54 Å². The van der Waals surface area contributed by atoms with Gasteiger partial charge in [0.15, 0.2) is 0 Å². The number of ether oxygens (including phenoxy) is 2. The summed E-state index contributed by atoms with van der Waals surface area (Å²) in [6.45, 7) is 0.179. The highest BCUT2D eigenvalue weighted by Crippen LogP contribution is 2.19. The molecule has 3 aromatic rings. The van der Waals surface area contributed by atoms with Gasteiger partial charge in [0.1, 0.15) is 17.3 Å². The Hall–Kier alpha value is -3.85. The van der Waals surface area contributed by atoms with Gasteiger partial charge in [-0.3, -0.25) is 10.0 Å². The Morgan fingerprint density at radius 2 is 1.90 bits per heavy atom. The molecule has 0 fully saturated rings.